The zero-order valence-corrected chi connectivity index (χ0v) is 17.3. The van der Waals surface area contributed by atoms with Crippen molar-refractivity contribution in [2.75, 3.05) is 44.2 Å². The Bertz CT molecular complexity index is 629. The van der Waals surface area contributed by atoms with Gasteiger partial charge < -0.3 is 9.80 Å². The fourth-order valence-electron chi connectivity index (χ4n) is 4.00. The van der Waals surface area contributed by atoms with Crippen LogP contribution in [0.1, 0.15) is 33.1 Å². The fraction of sp³-hybridized carbons (Fsp3) is 0.650. The molecule has 144 valence electrons. The van der Waals surface area contributed by atoms with E-state index in [0.717, 1.165) is 64.2 Å². The molecule has 3 rings (SSSR count). The summed E-state index contributed by atoms with van der Waals surface area (Å²) in [5.41, 5.74) is 1.09. The summed E-state index contributed by atoms with van der Waals surface area (Å²) in [6.45, 7) is 10.1. The van der Waals surface area contributed by atoms with Crippen molar-refractivity contribution in [2.45, 2.75) is 39.2 Å². The summed E-state index contributed by atoms with van der Waals surface area (Å²) in [4.78, 5) is 19.8. The monoisotopic (exact) mass is 397 g/mol. The number of piperidine rings is 1. The van der Waals surface area contributed by atoms with Gasteiger partial charge in [-0.2, -0.15) is 0 Å². The average molecular weight is 398 g/mol. The van der Waals surface area contributed by atoms with Crippen LogP contribution in [-0.4, -0.2) is 61.0 Å². The van der Waals surface area contributed by atoms with Crippen molar-refractivity contribution < 1.29 is 4.79 Å². The van der Waals surface area contributed by atoms with Gasteiger partial charge in [-0.25, -0.2) is 0 Å². The zero-order valence-electron chi connectivity index (χ0n) is 15.8. The lowest BCUT2D eigenvalue weighted by atomic mass is 9.94. The Balaban J connectivity index is 1.54. The van der Waals surface area contributed by atoms with E-state index >= 15 is 0 Å². The maximum Gasteiger partial charge on any atom is 0.225 e. The molecule has 2 aliphatic heterocycles. The van der Waals surface area contributed by atoms with E-state index in [1.165, 1.54) is 0 Å². The zero-order chi connectivity index (χ0) is 18.7. The van der Waals surface area contributed by atoms with Gasteiger partial charge in [-0.05, 0) is 51.3 Å². The van der Waals surface area contributed by atoms with E-state index in [4.69, 9.17) is 23.2 Å². The first-order valence-corrected chi connectivity index (χ1v) is 10.4. The first-order valence-electron chi connectivity index (χ1n) is 9.68. The van der Waals surface area contributed by atoms with Crippen molar-refractivity contribution in [1.82, 2.24) is 9.80 Å². The number of rotatable bonds is 3. The lowest BCUT2D eigenvalue weighted by Crippen LogP contribution is -2.44. The van der Waals surface area contributed by atoms with Gasteiger partial charge in [-0.3, -0.25) is 9.69 Å². The van der Waals surface area contributed by atoms with Crippen LogP contribution in [0, 0.1) is 5.92 Å². The van der Waals surface area contributed by atoms with Crippen molar-refractivity contribution >= 4 is 34.8 Å². The molecule has 4 nitrogen and oxygen atoms in total. The molecule has 2 saturated heterocycles. The molecular weight excluding hydrogens is 369 g/mol. The van der Waals surface area contributed by atoms with Crippen LogP contribution >= 0.6 is 23.2 Å². The van der Waals surface area contributed by atoms with E-state index in [2.05, 4.69) is 28.5 Å². The number of nitrogens with zero attached hydrogens (tertiary/aromatic N) is 3. The van der Waals surface area contributed by atoms with Gasteiger partial charge in [0.1, 0.15) is 0 Å². The predicted octanol–water partition coefficient (Wildman–Crippen LogP) is 4.15. The average Bonchev–Trinajstić information content (AvgIpc) is 2.90. The molecule has 0 aliphatic carbocycles. The molecule has 2 fully saturated rings. The van der Waals surface area contributed by atoms with Crippen molar-refractivity contribution in [3.05, 3.63) is 28.2 Å². The molecule has 0 N–H and O–H groups in total. The highest BCUT2D eigenvalue weighted by Gasteiger charge is 2.30. The van der Waals surface area contributed by atoms with Crippen LogP contribution in [-0.2, 0) is 4.79 Å². The van der Waals surface area contributed by atoms with E-state index in [-0.39, 0.29) is 5.92 Å². The van der Waals surface area contributed by atoms with Gasteiger partial charge in [0.05, 0.1) is 10.0 Å². The molecule has 26 heavy (non-hydrogen) atoms. The second kappa shape index (κ2) is 8.81. The fourth-order valence-corrected chi connectivity index (χ4v) is 4.29. The Hall–Kier alpha value is -0.970. The third kappa shape index (κ3) is 4.65. The van der Waals surface area contributed by atoms with Gasteiger partial charge in [-0.15, -0.1) is 0 Å². The Morgan fingerprint density at radius 2 is 1.73 bits per heavy atom. The third-order valence-corrected chi connectivity index (χ3v) is 6.42. The van der Waals surface area contributed by atoms with E-state index in [1.807, 2.05) is 18.2 Å². The van der Waals surface area contributed by atoms with E-state index < -0.39 is 0 Å². The maximum absolute atomic E-state index is 13.0. The molecule has 1 aromatic carbocycles. The number of amides is 1. The van der Waals surface area contributed by atoms with Crippen molar-refractivity contribution in [3.8, 4) is 0 Å². The molecule has 1 aromatic rings. The maximum atomic E-state index is 13.0. The molecule has 0 unspecified atom stereocenters. The lowest BCUT2D eigenvalue weighted by molar-refractivity contribution is -0.136. The molecule has 0 atom stereocenters. The smallest absolute Gasteiger partial charge is 0.225 e. The van der Waals surface area contributed by atoms with Crippen LogP contribution in [0.25, 0.3) is 0 Å². The minimum atomic E-state index is 0.152. The van der Waals surface area contributed by atoms with Gasteiger partial charge in [0.25, 0.3) is 0 Å². The summed E-state index contributed by atoms with van der Waals surface area (Å²) in [7, 11) is 0. The molecule has 2 heterocycles. The van der Waals surface area contributed by atoms with Crippen LogP contribution in [0.4, 0.5) is 5.69 Å². The van der Waals surface area contributed by atoms with Crippen molar-refractivity contribution in [1.29, 1.82) is 0 Å². The Morgan fingerprint density at radius 3 is 2.38 bits per heavy atom. The highest BCUT2D eigenvalue weighted by atomic mass is 35.5. The molecule has 0 spiro atoms. The minimum absolute atomic E-state index is 0.152. The topological polar surface area (TPSA) is 26.8 Å². The molecule has 6 heteroatoms. The quantitative estimate of drug-likeness (QED) is 0.765. The lowest BCUT2D eigenvalue weighted by Gasteiger charge is -2.35. The van der Waals surface area contributed by atoms with Gasteiger partial charge in [0, 0.05) is 56.9 Å². The van der Waals surface area contributed by atoms with Gasteiger partial charge in [-0.1, -0.05) is 23.2 Å². The standard InChI is InChI=1S/C20H29Cl2N3O/c1-15(2)23-8-3-9-25(13-12-23)20(26)16-6-10-24(11-7-16)17-4-5-18(21)19(22)14-17/h4-5,14-16H,3,6-13H2,1-2H3. The van der Waals surface area contributed by atoms with Gasteiger partial charge in [0.15, 0.2) is 0 Å². The number of anilines is 1. The molecule has 0 saturated carbocycles. The summed E-state index contributed by atoms with van der Waals surface area (Å²) in [5.74, 6) is 0.504. The number of benzene rings is 1. The van der Waals surface area contributed by atoms with E-state index in [0.29, 0.717) is 22.0 Å². The highest BCUT2D eigenvalue weighted by Crippen LogP contribution is 2.30. The number of hydrogen-bond donors (Lipinski definition) is 0. The van der Waals surface area contributed by atoms with Crippen LogP contribution in [0.5, 0.6) is 0 Å². The normalized spacial score (nSPS) is 20.5. The number of hydrogen-bond acceptors (Lipinski definition) is 3. The summed E-state index contributed by atoms with van der Waals surface area (Å²) < 4.78 is 0. The van der Waals surface area contributed by atoms with Crippen molar-refractivity contribution in [2.24, 2.45) is 5.92 Å². The van der Waals surface area contributed by atoms with Crippen molar-refractivity contribution in [3.63, 3.8) is 0 Å². The van der Waals surface area contributed by atoms with E-state index in [9.17, 15) is 4.79 Å². The summed E-state index contributed by atoms with van der Waals surface area (Å²) in [6.07, 6.45) is 2.89. The molecule has 2 aliphatic rings. The number of carbonyl (C=O) groups excluding carboxylic acids is 1. The van der Waals surface area contributed by atoms with E-state index in [1.54, 1.807) is 0 Å². The first kappa shape index (κ1) is 19.8. The number of carbonyl (C=O) groups is 1. The third-order valence-electron chi connectivity index (χ3n) is 5.68. The SMILES string of the molecule is CC(C)N1CCCN(C(=O)C2CCN(c3ccc(Cl)c(Cl)c3)CC2)CC1. The van der Waals surface area contributed by atoms with Crippen LogP contribution in [0.3, 0.4) is 0 Å². The predicted molar refractivity (Wildman–Crippen MR) is 109 cm³/mol. The van der Waals surface area contributed by atoms with Crippen LogP contribution in [0.15, 0.2) is 18.2 Å². The van der Waals surface area contributed by atoms with Crippen LogP contribution < -0.4 is 4.90 Å². The van der Waals surface area contributed by atoms with Gasteiger partial charge >= 0.3 is 0 Å². The molecule has 1 amide bonds. The molecule has 0 bridgehead atoms. The Morgan fingerprint density at radius 1 is 1.00 bits per heavy atom. The minimum Gasteiger partial charge on any atom is -0.371 e. The molecule has 0 radical (unpaired) electrons. The highest BCUT2D eigenvalue weighted by molar-refractivity contribution is 6.42. The first-order chi connectivity index (χ1) is 12.5. The second-order valence-corrected chi connectivity index (χ2v) is 8.48. The summed E-state index contributed by atoms with van der Waals surface area (Å²) in [5, 5.41) is 1.17. The second-order valence-electron chi connectivity index (χ2n) is 7.67. The molecule has 0 aromatic heterocycles. The molecular formula is C20H29Cl2N3O. The van der Waals surface area contributed by atoms with Gasteiger partial charge in [0.2, 0.25) is 5.91 Å². The van der Waals surface area contributed by atoms with Crippen LogP contribution in [0.2, 0.25) is 10.0 Å². The summed E-state index contributed by atoms with van der Waals surface area (Å²) in [6, 6.07) is 6.32. The Labute approximate surface area is 167 Å². The number of halogens is 2. The Kier molecular flexibility index (Phi) is 6.70. The largest absolute Gasteiger partial charge is 0.371 e. The summed E-state index contributed by atoms with van der Waals surface area (Å²) >= 11 is 12.1.